The molecule has 3 nitrogen and oxygen atoms in total. The molecular weight excluding hydrogens is 289 g/mol. The predicted molar refractivity (Wildman–Crippen MR) is 65.5 cm³/mol. The van der Waals surface area contributed by atoms with E-state index >= 15 is 0 Å². The van der Waals surface area contributed by atoms with Crippen LogP contribution in [0.2, 0.25) is 0 Å². The van der Waals surface area contributed by atoms with Crippen LogP contribution in [0.25, 0.3) is 0 Å². The third-order valence-electron chi connectivity index (χ3n) is 3.19. The van der Waals surface area contributed by atoms with E-state index in [2.05, 4.69) is 21.2 Å². The van der Waals surface area contributed by atoms with Crippen LogP contribution >= 0.6 is 15.9 Å². The summed E-state index contributed by atoms with van der Waals surface area (Å²) in [6.07, 6.45) is -0.286. The van der Waals surface area contributed by atoms with Crippen molar-refractivity contribution < 1.29 is 14.3 Å². The second-order valence-corrected chi connectivity index (χ2v) is 5.08. The first-order valence-electron chi connectivity index (χ1n) is 5.39. The molecular formula is C12H13BrFNO2. The van der Waals surface area contributed by atoms with Gasteiger partial charge >= 0.3 is 0 Å². The van der Waals surface area contributed by atoms with Gasteiger partial charge in [0.05, 0.1) is 16.1 Å². The molecule has 0 spiro atoms. The van der Waals surface area contributed by atoms with Gasteiger partial charge in [0, 0.05) is 12.6 Å². The van der Waals surface area contributed by atoms with Gasteiger partial charge in [-0.15, -0.1) is 0 Å². The van der Waals surface area contributed by atoms with Gasteiger partial charge in [-0.05, 0) is 39.9 Å². The van der Waals surface area contributed by atoms with Crippen LogP contribution in [0, 0.1) is 5.82 Å². The maximum Gasteiger partial charge on any atom is 0.252 e. The molecule has 1 aliphatic carbocycles. The minimum Gasteiger partial charge on any atom is -0.388 e. The fraction of sp³-hybridized carbons (Fsp3) is 0.417. The molecule has 2 atom stereocenters. The van der Waals surface area contributed by atoms with E-state index in [0.717, 1.165) is 5.56 Å². The van der Waals surface area contributed by atoms with Crippen molar-refractivity contribution in [1.82, 2.24) is 5.32 Å². The number of rotatable bonds is 1. The van der Waals surface area contributed by atoms with Gasteiger partial charge in [-0.2, -0.15) is 0 Å². The van der Waals surface area contributed by atoms with Crippen LogP contribution in [-0.4, -0.2) is 18.1 Å². The van der Waals surface area contributed by atoms with E-state index in [4.69, 9.17) is 0 Å². The molecule has 0 radical (unpaired) electrons. The quantitative estimate of drug-likeness (QED) is 0.837. The Morgan fingerprint density at radius 3 is 2.88 bits per heavy atom. The van der Waals surface area contributed by atoms with Gasteiger partial charge in [0.25, 0.3) is 5.91 Å². The second kappa shape index (κ2) is 4.38. The largest absolute Gasteiger partial charge is 0.388 e. The number of aliphatic hydroxyl groups excluding tert-OH is 1. The van der Waals surface area contributed by atoms with Crippen molar-refractivity contribution in [2.45, 2.75) is 25.4 Å². The fourth-order valence-electron chi connectivity index (χ4n) is 2.29. The highest BCUT2D eigenvalue weighted by atomic mass is 79.9. The summed E-state index contributed by atoms with van der Waals surface area (Å²) in [6.45, 7) is 1.91. The zero-order valence-corrected chi connectivity index (χ0v) is 11.1. The summed E-state index contributed by atoms with van der Waals surface area (Å²) in [6, 6.07) is 1.65. The molecule has 1 aromatic carbocycles. The molecule has 0 bridgehead atoms. The number of hydrogen-bond donors (Lipinski definition) is 2. The number of halogens is 2. The Balaban J connectivity index is 2.65. The van der Waals surface area contributed by atoms with E-state index in [-0.39, 0.29) is 21.9 Å². The zero-order chi connectivity index (χ0) is 12.7. The summed E-state index contributed by atoms with van der Waals surface area (Å²) < 4.78 is 14.2. The molecule has 5 heteroatoms. The highest BCUT2D eigenvalue weighted by Gasteiger charge is 2.32. The molecule has 1 amide bonds. The Kier molecular flexibility index (Phi) is 3.23. The molecule has 2 rings (SSSR count). The highest BCUT2D eigenvalue weighted by molar-refractivity contribution is 9.10. The maximum absolute atomic E-state index is 14.1. The van der Waals surface area contributed by atoms with Gasteiger partial charge in [-0.3, -0.25) is 4.79 Å². The summed E-state index contributed by atoms with van der Waals surface area (Å²) in [5.41, 5.74) is 1.30. The molecule has 0 aromatic heterocycles. The maximum atomic E-state index is 14.1. The average Bonchev–Trinajstić information content (AvgIpc) is 2.58. The summed E-state index contributed by atoms with van der Waals surface area (Å²) in [4.78, 5) is 11.6. The number of benzene rings is 1. The van der Waals surface area contributed by atoms with Crippen molar-refractivity contribution in [3.8, 4) is 0 Å². The van der Waals surface area contributed by atoms with E-state index < -0.39 is 11.9 Å². The first-order valence-corrected chi connectivity index (χ1v) is 6.18. The van der Waals surface area contributed by atoms with E-state index in [9.17, 15) is 14.3 Å². The number of amides is 1. The van der Waals surface area contributed by atoms with Crippen molar-refractivity contribution >= 4 is 21.8 Å². The minimum absolute atomic E-state index is 0.0611. The van der Waals surface area contributed by atoms with E-state index in [1.54, 1.807) is 6.07 Å². The predicted octanol–water partition coefficient (Wildman–Crippen LogP) is 2.49. The van der Waals surface area contributed by atoms with Gasteiger partial charge in [-0.1, -0.05) is 6.92 Å². The third kappa shape index (κ3) is 1.87. The number of carbonyl (C=O) groups excluding carboxylic acids is 1. The molecule has 0 saturated carbocycles. The van der Waals surface area contributed by atoms with Crippen LogP contribution in [0.5, 0.6) is 0 Å². The van der Waals surface area contributed by atoms with Crippen LogP contribution in [0.4, 0.5) is 4.39 Å². The third-order valence-corrected chi connectivity index (χ3v) is 3.96. The molecule has 2 unspecified atom stereocenters. The monoisotopic (exact) mass is 301 g/mol. The zero-order valence-electron chi connectivity index (χ0n) is 9.55. The van der Waals surface area contributed by atoms with Gasteiger partial charge < -0.3 is 10.4 Å². The smallest absolute Gasteiger partial charge is 0.252 e. The van der Waals surface area contributed by atoms with E-state index in [1.807, 2.05) is 6.92 Å². The Labute approximate surface area is 107 Å². The Morgan fingerprint density at radius 1 is 1.65 bits per heavy atom. The number of carbonyl (C=O) groups is 1. The van der Waals surface area contributed by atoms with Crippen molar-refractivity contribution in [2.75, 3.05) is 7.05 Å². The molecule has 0 aliphatic heterocycles. The summed E-state index contributed by atoms with van der Waals surface area (Å²) in [7, 11) is 1.50. The number of nitrogens with one attached hydrogen (secondary N) is 1. The Morgan fingerprint density at radius 2 is 2.29 bits per heavy atom. The molecule has 92 valence electrons. The number of aliphatic hydroxyl groups is 1. The molecule has 1 aromatic rings. The average molecular weight is 302 g/mol. The molecule has 0 fully saturated rings. The number of hydrogen-bond acceptors (Lipinski definition) is 2. The first-order chi connectivity index (χ1) is 7.97. The van der Waals surface area contributed by atoms with Crippen molar-refractivity contribution in [2.24, 2.45) is 0 Å². The summed E-state index contributed by atoms with van der Waals surface area (Å²) >= 11 is 3.08. The lowest BCUT2D eigenvalue weighted by Gasteiger charge is -2.12. The van der Waals surface area contributed by atoms with E-state index in [1.165, 1.54) is 7.05 Å². The van der Waals surface area contributed by atoms with Crippen LogP contribution in [0.1, 0.15) is 46.9 Å². The SMILES string of the molecule is CNC(=O)c1cc2c(c(F)c1Br)C(O)CC2C. The summed E-state index contributed by atoms with van der Waals surface area (Å²) in [5.74, 6) is -0.809. The van der Waals surface area contributed by atoms with E-state index in [0.29, 0.717) is 12.0 Å². The lowest BCUT2D eigenvalue weighted by Crippen LogP contribution is -2.19. The first kappa shape index (κ1) is 12.5. The topological polar surface area (TPSA) is 49.3 Å². The van der Waals surface area contributed by atoms with Gasteiger partial charge in [0.15, 0.2) is 0 Å². The van der Waals surface area contributed by atoms with Crippen molar-refractivity contribution in [3.63, 3.8) is 0 Å². The van der Waals surface area contributed by atoms with Gasteiger partial charge in [-0.25, -0.2) is 4.39 Å². The Hall–Kier alpha value is -0.940. The fourth-order valence-corrected chi connectivity index (χ4v) is 2.79. The van der Waals surface area contributed by atoms with Gasteiger partial charge in [0.1, 0.15) is 5.82 Å². The second-order valence-electron chi connectivity index (χ2n) is 4.29. The molecule has 2 N–H and O–H groups in total. The van der Waals surface area contributed by atoms with Crippen molar-refractivity contribution in [1.29, 1.82) is 0 Å². The molecule has 0 heterocycles. The lowest BCUT2D eigenvalue weighted by molar-refractivity contribution is 0.0961. The van der Waals surface area contributed by atoms with Gasteiger partial charge in [0.2, 0.25) is 0 Å². The molecule has 1 aliphatic rings. The summed E-state index contributed by atoms with van der Waals surface area (Å²) in [5, 5.41) is 12.3. The van der Waals surface area contributed by atoms with Crippen LogP contribution in [-0.2, 0) is 0 Å². The Bertz CT molecular complexity index is 490. The van der Waals surface area contributed by atoms with Crippen LogP contribution < -0.4 is 5.32 Å². The van der Waals surface area contributed by atoms with Crippen LogP contribution in [0.15, 0.2) is 10.5 Å². The minimum atomic E-state index is -0.782. The van der Waals surface area contributed by atoms with Crippen LogP contribution in [0.3, 0.4) is 0 Å². The molecule has 17 heavy (non-hydrogen) atoms. The highest BCUT2D eigenvalue weighted by Crippen LogP contribution is 2.44. The van der Waals surface area contributed by atoms with Crippen molar-refractivity contribution in [3.05, 3.63) is 33.0 Å². The number of fused-ring (bicyclic) bond motifs is 1. The lowest BCUT2D eigenvalue weighted by atomic mass is 10.00. The molecule has 0 saturated heterocycles. The normalized spacial score (nSPS) is 22.4. The standard InChI is InChI=1S/C12H13BrFNO2/c1-5-3-8(16)9-6(5)4-7(12(17)15-2)10(13)11(9)14/h4-5,8,16H,3H2,1-2H3,(H,15,17).